The summed E-state index contributed by atoms with van der Waals surface area (Å²) in [6.07, 6.45) is 1.70. The van der Waals surface area contributed by atoms with Gasteiger partial charge in [0.2, 0.25) is 5.89 Å². The Morgan fingerprint density at radius 1 is 1.43 bits per heavy atom. The summed E-state index contributed by atoms with van der Waals surface area (Å²) in [7, 11) is 0. The molecule has 1 atom stereocenters. The molecule has 82 valence electrons. The molecule has 1 heterocycles. The van der Waals surface area contributed by atoms with Crippen LogP contribution in [0.1, 0.15) is 32.0 Å². The Hall–Kier alpha value is -0.610. The summed E-state index contributed by atoms with van der Waals surface area (Å²) < 4.78 is 4.85. The third-order valence-corrected chi connectivity index (χ3v) is 1.79. The summed E-state index contributed by atoms with van der Waals surface area (Å²) in [6.45, 7) is 6.09. The van der Waals surface area contributed by atoms with Crippen LogP contribution in [-0.2, 0) is 6.42 Å². The molecule has 0 saturated heterocycles. The lowest BCUT2D eigenvalue weighted by atomic mass is 10.0. The summed E-state index contributed by atoms with van der Waals surface area (Å²) in [4.78, 5) is 4.10. The molecule has 0 saturated carbocycles. The molecule has 1 rings (SSSR count). The zero-order valence-corrected chi connectivity index (χ0v) is 9.67. The lowest BCUT2D eigenvalue weighted by molar-refractivity contribution is 0.383. The maximum Gasteiger partial charge on any atom is 0.223 e. The number of aryl methyl sites for hydroxylation is 1. The van der Waals surface area contributed by atoms with Crippen LogP contribution in [0.5, 0.6) is 0 Å². The monoisotopic (exact) mass is 219 g/mol. The van der Waals surface area contributed by atoms with E-state index in [2.05, 4.69) is 24.0 Å². The second-order valence-electron chi connectivity index (χ2n) is 3.82. The average molecular weight is 220 g/mol. The molecule has 0 bridgehead atoms. The van der Waals surface area contributed by atoms with Crippen molar-refractivity contribution in [2.75, 3.05) is 0 Å². The van der Waals surface area contributed by atoms with E-state index >= 15 is 0 Å². The fourth-order valence-electron chi connectivity index (χ4n) is 1.35. The fraction of sp³-hybridized carbons (Fsp3) is 0.778. The van der Waals surface area contributed by atoms with Crippen molar-refractivity contribution >= 4 is 12.4 Å². The van der Waals surface area contributed by atoms with E-state index in [0.717, 1.165) is 6.42 Å². The lowest BCUT2D eigenvalue weighted by Gasteiger charge is -2.10. The molecule has 0 amide bonds. The predicted octanol–water partition coefficient (Wildman–Crippen LogP) is 1.72. The molecule has 2 N–H and O–H groups in total. The van der Waals surface area contributed by atoms with Crippen molar-refractivity contribution in [3.63, 3.8) is 0 Å². The number of rotatable bonds is 4. The zero-order chi connectivity index (χ0) is 9.84. The van der Waals surface area contributed by atoms with Gasteiger partial charge in [-0.15, -0.1) is 12.4 Å². The van der Waals surface area contributed by atoms with Gasteiger partial charge in [0.25, 0.3) is 0 Å². The molecule has 1 unspecified atom stereocenters. The Balaban J connectivity index is 0.00000169. The Bertz CT molecular complexity index is 262. The van der Waals surface area contributed by atoms with Gasteiger partial charge in [0.05, 0.1) is 0 Å². The van der Waals surface area contributed by atoms with Crippen LogP contribution in [0.4, 0.5) is 0 Å². The second kappa shape index (κ2) is 5.98. The largest absolute Gasteiger partial charge is 0.340 e. The van der Waals surface area contributed by atoms with Gasteiger partial charge < -0.3 is 10.3 Å². The minimum atomic E-state index is 0. The van der Waals surface area contributed by atoms with E-state index in [1.807, 2.05) is 0 Å². The molecule has 0 aliphatic heterocycles. The number of nitrogens with two attached hydrogens (primary N) is 1. The van der Waals surface area contributed by atoms with Crippen molar-refractivity contribution in [1.29, 1.82) is 0 Å². The summed E-state index contributed by atoms with van der Waals surface area (Å²) in [6, 6.07) is 0.136. The van der Waals surface area contributed by atoms with Gasteiger partial charge in [-0.25, -0.2) is 0 Å². The topological polar surface area (TPSA) is 64.9 Å². The number of hydrogen-bond acceptors (Lipinski definition) is 4. The quantitative estimate of drug-likeness (QED) is 0.838. The molecule has 0 aliphatic rings. The van der Waals surface area contributed by atoms with E-state index < -0.39 is 0 Å². The Morgan fingerprint density at radius 3 is 2.50 bits per heavy atom. The summed E-state index contributed by atoms with van der Waals surface area (Å²) in [5.74, 6) is 1.93. The predicted molar refractivity (Wildman–Crippen MR) is 57.4 cm³/mol. The van der Waals surface area contributed by atoms with Crippen LogP contribution in [0.15, 0.2) is 4.52 Å². The van der Waals surface area contributed by atoms with Crippen LogP contribution in [0.25, 0.3) is 0 Å². The first-order valence-electron chi connectivity index (χ1n) is 4.62. The van der Waals surface area contributed by atoms with Gasteiger partial charge in [-0.1, -0.05) is 19.0 Å². The highest BCUT2D eigenvalue weighted by molar-refractivity contribution is 5.85. The van der Waals surface area contributed by atoms with Crippen molar-refractivity contribution in [1.82, 2.24) is 10.1 Å². The second-order valence-corrected chi connectivity index (χ2v) is 3.82. The number of aromatic nitrogens is 2. The highest BCUT2D eigenvalue weighted by atomic mass is 35.5. The summed E-state index contributed by atoms with van der Waals surface area (Å²) in [5, 5.41) is 3.80. The van der Waals surface area contributed by atoms with E-state index in [-0.39, 0.29) is 18.4 Å². The zero-order valence-electron chi connectivity index (χ0n) is 8.86. The van der Waals surface area contributed by atoms with Crippen LogP contribution in [0.3, 0.4) is 0 Å². The molecular formula is C9H18ClN3O. The van der Waals surface area contributed by atoms with Gasteiger partial charge >= 0.3 is 0 Å². The summed E-state index contributed by atoms with van der Waals surface area (Å²) in [5.41, 5.74) is 5.89. The van der Waals surface area contributed by atoms with E-state index in [1.165, 1.54) is 0 Å². The molecule has 4 nitrogen and oxygen atoms in total. The van der Waals surface area contributed by atoms with Crippen LogP contribution >= 0.6 is 12.4 Å². The normalized spacial score (nSPS) is 12.6. The molecule has 0 aliphatic carbocycles. The molecule has 0 aromatic carbocycles. The smallest absolute Gasteiger partial charge is 0.223 e. The molecular weight excluding hydrogens is 202 g/mol. The number of halogens is 1. The molecule has 0 radical (unpaired) electrons. The lowest BCUT2D eigenvalue weighted by Crippen LogP contribution is -2.25. The third-order valence-electron chi connectivity index (χ3n) is 1.79. The van der Waals surface area contributed by atoms with Gasteiger partial charge in [-0.3, -0.25) is 0 Å². The first kappa shape index (κ1) is 13.4. The van der Waals surface area contributed by atoms with E-state index in [0.29, 0.717) is 24.1 Å². The fourth-order valence-corrected chi connectivity index (χ4v) is 1.35. The highest BCUT2D eigenvalue weighted by Crippen LogP contribution is 2.06. The molecule has 0 fully saturated rings. The van der Waals surface area contributed by atoms with Gasteiger partial charge in [0, 0.05) is 19.4 Å². The van der Waals surface area contributed by atoms with Gasteiger partial charge in [0.15, 0.2) is 5.82 Å². The number of hydrogen-bond donors (Lipinski definition) is 1. The molecule has 14 heavy (non-hydrogen) atoms. The van der Waals surface area contributed by atoms with E-state index in [9.17, 15) is 0 Å². The van der Waals surface area contributed by atoms with Crippen LogP contribution < -0.4 is 5.73 Å². The van der Waals surface area contributed by atoms with Crippen molar-refractivity contribution in [3.05, 3.63) is 11.7 Å². The van der Waals surface area contributed by atoms with Crippen LogP contribution in [-0.4, -0.2) is 16.2 Å². The van der Waals surface area contributed by atoms with Crippen LogP contribution in [0, 0.1) is 12.8 Å². The first-order valence-corrected chi connectivity index (χ1v) is 4.62. The molecule has 5 heteroatoms. The van der Waals surface area contributed by atoms with E-state index in [4.69, 9.17) is 10.3 Å². The van der Waals surface area contributed by atoms with Crippen molar-refractivity contribution in [3.8, 4) is 0 Å². The van der Waals surface area contributed by atoms with Gasteiger partial charge in [-0.2, -0.15) is 4.98 Å². The minimum Gasteiger partial charge on any atom is -0.340 e. The van der Waals surface area contributed by atoms with Gasteiger partial charge in [-0.05, 0) is 12.3 Å². The Kier molecular flexibility index (Phi) is 5.72. The highest BCUT2D eigenvalue weighted by Gasteiger charge is 2.10. The van der Waals surface area contributed by atoms with Crippen molar-refractivity contribution in [2.24, 2.45) is 11.7 Å². The summed E-state index contributed by atoms with van der Waals surface area (Å²) >= 11 is 0. The molecule has 0 spiro atoms. The van der Waals surface area contributed by atoms with Crippen LogP contribution in [0.2, 0.25) is 0 Å². The molecule has 1 aromatic rings. The standard InChI is InChI=1S/C9H17N3O.ClH/c1-6(2)4-8(10)5-9-11-7(3)13-12-9;/h6,8H,4-5,10H2,1-3H3;1H. The maximum atomic E-state index is 5.89. The maximum absolute atomic E-state index is 5.89. The molecule has 1 aromatic heterocycles. The Labute approximate surface area is 90.7 Å². The number of nitrogens with zero attached hydrogens (tertiary/aromatic N) is 2. The third kappa shape index (κ3) is 4.58. The van der Waals surface area contributed by atoms with Crippen molar-refractivity contribution < 1.29 is 4.52 Å². The first-order chi connectivity index (χ1) is 6.08. The van der Waals surface area contributed by atoms with E-state index in [1.54, 1.807) is 6.92 Å². The SMILES string of the molecule is Cc1nc(CC(N)CC(C)C)no1.Cl. The minimum absolute atomic E-state index is 0. The van der Waals surface area contributed by atoms with Crippen molar-refractivity contribution in [2.45, 2.75) is 39.7 Å². The van der Waals surface area contributed by atoms with Gasteiger partial charge in [0.1, 0.15) is 0 Å². The average Bonchev–Trinajstić information content (AvgIpc) is 2.33. The Morgan fingerprint density at radius 2 is 2.07 bits per heavy atom.